The minimum Gasteiger partial charge on any atom is -0.449 e. The second-order valence-electron chi connectivity index (χ2n) is 7.34. The Morgan fingerprint density at radius 3 is 2.24 bits per heavy atom. The number of carbonyl (C=O) groups is 1. The summed E-state index contributed by atoms with van der Waals surface area (Å²) in [4.78, 5) is 12.1. The Kier molecular flexibility index (Phi) is 4.93. The number of rotatable bonds is 6. The number of hydrogen-bond donors (Lipinski definition) is 1. The van der Waals surface area contributed by atoms with E-state index < -0.39 is 0 Å². The maximum Gasteiger partial charge on any atom is 0.407 e. The van der Waals surface area contributed by atoms with Crippen LogP contribution >= 0.6 is 0 Å². The first-order valence-electron chi connectivity index (χ1n) is 8.71. The van der Waals surface area contributed by atoms with Gasteiger partial charge >= 0.3 is 6.09 Å². The molecular weight excluding hydrogens is 310 g/mol. The number of ether oxygens (including phenoxy) is 1. The van der Waals surface area contributed by atoms with E-state index in [-0.39, 0.29) is 17.4 Å². The van der Waals surface area contributed by atoms with Crippen LogP contribution in [0.1, 0.15) is 37.3 Å². The molecule has 3 rings (SSSR count). The summed E-state index contributed by atoms with van der Waals surface area (Å²) < 4.78 is 5.54. The normalized spacial score (nSPS) is 13.0. The summed E-state index contributed by atoms with van der Waals surface area (Å²) in [6.07, 6.45) is 2.36. The molecule has 130 valence electrons. The first-order valence-corrected chi connectivity index (χ1v) is 8.71. The van der Waals surface area contributed by atoms with Crippen molar-refractivity contribution in [3.63, 3.8) is 0 Å². The molecule has 25 heavy (non-hydrogen) atoms. The average molecular weight is 335 g/mol. The molecule has 0 unspecified atom stereocenters. The third kappa shape index (κ3) is 3.76. The predicted octanol–water partition coefficient (Wildman–Crippen LogP) is 5.13. The van der Waals surface area contributed by atoms with Gasteiger partial charge in [0.05, 0.1) is 0 Å². The standard InChI is InChI=1S/C22H25NO2/c1-4-13-22(2,3)15-23-21(24)25-14-20-18-11-7-5-9-16(18)17-10-6-8-12-19(17)20/h4-12,20H,1,13-15H2,2-3H3,(H,23,24). The second-order valence-corrected chi connectivity index (χ2v) is 7.34. The van der Waals surface area contributed by atoms with Crippen molar-refractivity contribution in [3.05, 3.63) is 72.3 Å². The SMILES string of the molecule is C=CCC(C)(C)CNC(=O)OCC1c2ccccc2-c2ccccc21. The molecule has 0 bridgehead atoms. The van der Waals surface area contributed by atoms with E-state index in [2.05, 4.69) is 50.0 Å². The lowest BCUT2D eigenvalue weighted by Gasteiger charge is -2.23. The van der Waals surface area contributed by atoms with Gasteiger partial charge in [-0.3, -0.25) is 0 Å². The number of alkyl carbamates (subject to hydrolysis) is 1. The molecule has 0 fully saturated rings. The van der Waals surface area contributed by atoms with Crippen molar-refractivity contribution >= 4 is 6.09 Å². The summed E-state index contributed by atoms with van der Waals surface area (Å²) in [5, 5.41) is 2.87. The van der Waals surface area contributed by atoms with Gasteiger partial charge in [-0.1, -0.05) is 68.5 Å². The molecule has 0 spiro atoms. The lowest BCUT2D eigenvalue weighted by atomic mass is 9.89. The Morgan fingerprint density at radius 1 is 1.12 bits per heavy atom. The minimum atomic E-state index is -0.362. The Bertz CT molecular complexity index is 734. The second kappa shape index (κ2) is 7.14. The molecular formula is C22H25NO2. The third-order valence-corrected chi connectivity index (χ3v) is 4.75. The average Bonchev–Trinajstić information content (AvgIpc) is 2.92. The van der Waals surface area contributed by atoms with Gasteiger partial charge in [0.15, 0.2) is 0 Å². The number of carbonyl (C=O) groups excluding carboxylic acids is 1. The monoisotopic (exact) mass is 335 g/mol. The lowest BCUT2D eigenvalue weighted by Crippen LogP contribution is -2.34. The molecule has 1 aliphatic carbocycles. The van der Waals surface area contributed by atoms with E-state index in [1.54, 1.807) is 0 Å². The highest BCUT2D eigenvalue weighted by Crippen LogP contribution is 2.44. The quantitative estimate of drug-likeness (QED) is 0.743. The fourth-order valence-corrected chi connectivity index (χ4v) is 3.42. The van der Waals surface area contributed by atoms with Crippen LogP contribution in [-0.4, -0.2) is 19.2 Å². The van der Waals surface area contributed by atoms with Crippen molar-refractivity contribution in [1.29, 1.82) is 0 Å². The van der Waals surface area contributed by atoms with Crippen molar-refractivity contribution < 1.29 is 9.53 Å². The summed E-state index contributed by atoms with van der Waals surface area (Å²) >= 11 is 0. The number of benzene rings is 2. The van der Waals surface area contributed by atoms with Crippen LogP contribution < -0.4 is 5.32 Å². The van der Waals surface area contributed by atoms with Crippen molar-refractivity contribution in [2.45, 2.75) is 26.2 Å². The Balaban J connectivity index is 1.66. The van der Waals surface area contributed by atoms with Gasteiger partial charge in [-0.2, -0.15) is 0 Å². The molecule has 3 nitrogen and oxygen atoms in total. The zero-order valence-corrected chi connectivity index (χ0v) is 14.9. The molecule has 0 saturated heterocycles. The molecule has 0 saturated carbocycles. The van der Waals surface area contributed by atoms with Crippen LogP contribution in [0, 0.1) is 5.41 Å². The Labute approximate surface area is 149 Å². The summed E-state index contributed by atoms with van der Waals surface area (Å²) in [6, 6.07) is 16.7. The van der Waals surface area contributed by atoms with Gasteiger partial charge in [0.2, 0.25) is 0 Å². The van der Waals surface area contributed by atoms with Crippen molar-refractivity contribution in [2.24, 2.45) is 5.41 Å². The maximum atomic E-state index is 12.1. The van der Waals surface area contributed by atoms with Crippen LogP contribution in [0.3, 0.4) is 0 Å². The first kappa shape index (κ1) is 17.3. The first-order chi connectivity index (χ1) is 12.0. The number of amides is 1. The van der Waals surface area contributed by atoms with Crippen molar-refractivity contribution in [1.82, 2.24) is 5.32 Å². The van der Waals surface area contributed by atoms with Gasteiger partial charge < -0.3 is 10.1 Å². The molecule has 2 aromatic rings. The molecule has 1 amide bonds. The predicted molar refractivity (Wildman–Crippen MR) is 102 cm³/mol. The smallest absolute Gasteiger partial charge is 0.407 e. The Hall–Kier alpha value is -2.55. The molecule has 0 radical (unpaired) electrons. The van der Waals surface area contributed by atoms with Crippen LogP contribution in [0.15, 0.2) is 61.2 Å². The topological polar surface area (TPSA) is 38.3 Å². The zero-order chi connectivity index (χ0) is 17.9. The van der Waals surface area contributed by atoms with Gasteiger partial charge in [-0.05, 0) is 34.1 Å². The fraction of sp³-hybridized carbons (Fsp3) is 0.318. The van der Waals surface area contributed by atoms with E-state index in [1.807, 2.05) is 30.3 Å². The van der Waals surface area contributed by atoms with Gasteiger partial charge in [-0.25, -0.2) is 4.79 Å². The molecule has 0 heterocycles. The molecule has 1 aliphatic rings. The molecule has 3 heteroatoms. The summed E-state index contributed by atoms with van der Waals surface area (Å²) in [5.41, 5.74) is 4.90. The molecule has 2 aromatic carbocycles. The number of nitrogens with one attached hydrogen (secondary N) is 1. The molecule has 1 N–H and O–H groups in total. The largest absolute Gasteiger partial charge is 0.449 e. The Morgan fingerprint density at radius 2 is 1.68 bits per heavy atom. The highest BCUT2D eigenvalue weighted by atomic mass is 16.5. The maximum absolute atomic E-state index is 12.1. The van der Waals surface area contributed by atoms with Gasteiger partial charge in [0.1, 0.15) is 6.61 Å². The summed E-state index contributed by atoms with van der Waals surface area (Å²) in [7, 11) is 0. The van der Waals surface area contributed by atoms with E-state index in [9.17, 15) is 4.79 Å². The lowest BCUT2D eigenvalue weighted by molar-refractivity contribution is 0.138. The number of hydrogen-bond acceptors (Lipinski definition) is 2. The van der Waals surface area contributed by atoms with E-state index in [0.29, 0.717) is 13.2 Å². The number of allylic oxidation sites excluding steroid dienone is 1. The zero-order valence-electron chi connectivity index (χ0n) is 14.9. The van der Waals surface area contributed by atoms with E-state index >= 15 is 0 Å². The van der Waals surface area contributed by atoms with Crippen LogP contribution in [-0.2, 0) is 4.74 Å². The summed E-state index contributed by atoms with van der Waals surface area (Å²) in [5.74, 6) is 0.0966. The van der Waals surface area contributed by atoms with Crippen LogP contribution in [0.5, 0.6) is 0 Å². The van der Waals surface area contributed by atoms with E-state index in [4.69, 9.17) is 4.74 Å². The third-order valence-electron chi connectivity index (χ3n) is 4.75. The van der Waals surface area contributed by atoms with Gasteiger partial charge in [0, 0.05) is 12.5 Å². The number of fused-ring (bicyclic) bond motifs is 3. The molecule has 0 aromatic heterocycles. The highest BCUT2D eigenvalue weighted by Gasteiger charge is 2.29. The van der Waals surface area contributed by atoms with Crippen LogP contribution in [0.2, 0.25) is 0 Å². The van der Waals surface area contributed by atoms with Crippen molar-refractivity contribution in [2.75, 3.05) is 13.2 Å². The van der Waals surface area contributed by atoms with Crippen LogP contribution in [0.25, 0.3) is 11.1 Å². The molecule has 0 aliphatic heterocycles. The van der Waals surface area contributed by atoms with Crippen LogP contribution in [0.4, 0.5) is 4.79 Å². The highest BCUT2D eigenvalue weighted by molar-refractivity contribution is 5.79. The minimum absolute atomic E-state index is 0.0205. The van der Waals surface area contributed by atoms with E-state index in [1.165, 1.54) is 22.3 Å². The van der Waals surface area contributed by atoms with Gasteiger partial charge in [-0.15, -0.1) is 6.58 Å². The molecule has 0 atom stereocenters. The van der Waals surface area contributed by atoms with Crippen molar-refractivity contribution in [3.8, 4) is 11.1 Å². The summed E-state index contributed by atoms with van der Waals surface area (Å²) in [6.45, 7) is 8.87. The fourth-order valence-electron chi connectivity index (χ4n) is 3.42. The van der Waals surface area contributed by atoms with Gasteiger partial charge in [0.25, 0.3) is 0 Å². The van der Waals surface area contributed by atoms with E-state index in [0.717, 1.165) is 6.42 Å².